The number of carbonyl (C=O) groups is 1. The minimum atomic E-state index is -0.924. The number of carboxylic acids is 1. The molecule has 5 nitrogen and oxygen atoms in total. The zero-order valence-electron chi connectivity index (χ0n) is 17.8. The summed E-state index contributed by atoms with van der Waals surface area (Å²) in [7, 11) is 0. The highest BCUT2D eigenvalue weighted by Gasteiger charge is 2.53. The van der Waals surface area contributed by atoms with Crippen molar-refractivity contribution in [2.45, 2.75) is 25.4 Å². The maximum absolute atomic E-state index is 12.2. The summed E-state index contributed by atoms with van der Waals surface area (Å²) in [6.07, 6.45) is 0. The van der Waals surface area contributed by atoms with E-state index in [2.05, 4.69) is 36.9 Å². The van der Waals surface area contributed by atoms with Crippen LogP contribution < -0.4 is 4.74 Å². The second-order valence-electron chi connectivity index (χ2n) is 8.91. The summed E-state index contributed by atoms with van der Waals surface area (Å²) >= 11 is 1.26. The van der Waals surface area contributed by atoms with Crippen molar-refractivity contribution in [3.63, 3.8) is 0 Å². The lowest BCUT2D eigenvalue weighted by Crippen LogP contribution is -2.56. The number of rotatable bonds is 2. The second kappa shape index (κ2) is 6.87. The van der Waals surface area contributed by atoms with Crippen LogP contribution in [0.4, 0.5) is 0 Å². The average molecular weight is 443 g/mol. The molecule has 2 atom stereocenters. The molecule has 160 valence electrons. The van der Waals surface area contributed by atoms with Crippen molar-refractivity contribution in [2.75, 3.05) is 6.61 Å². The number of aliphatic carboxylic acids is 1. The number of ether oxygens (including phenoxy) is 1. The number of benzene rings is 3. The second-order valence-corrected chi connectivity index (χ2v) is 9.89. The molecule has 3 aromatic rings. The van der Waals surface area contributed by atoms with Gasteiger partial charge < -0.3 is 14.7 Å². The summed E-state index contributed by atoms with van der Waals surface area (Å²) < 4.78 is 6.27. The number of thioether (sulfide) groups is 1. The van der Waals surface area contributed by atoms with Crippen molar-refractivity contribution < 1.29 is 14.6 Å². The molecule has 32 heavy (non-hydrogen) atoms. The summed E-state index contributed by atoms with van der Waals surface area (Å²) in [5.74, 6) is 0.0140. The summed E-state index contributed by atoms with van der Waals surface area (Å²) in [5, 5.41) is 13.1. The molecule has 0 aliphatic carbocycles. The van der Waals surface area contributed by atoms with E-state index in [9.17, 15) is 9.90 Å². The average Bonchev–Trinajstić information content (AvgIpc) is 3.20. The van der Waals surface area contributed by atoms with E-state index in [1.165, 1.54) is 11.8 Å². The lowest BCUT2D eigenvalue weighted by Gasteiger charge is -2.51. The molecule has 0 aromatic heterocycles. The minimum Gasteiger partial charge on any atom is -0.493 e. The minimum absolute atomic E-state index is 0.0667. The first-order valence-electron chi connectivity index (χ1n) is 10.7. The Hall–Kier alpha value is -3.25. The number of hydrogen-bond acceptors (Lipinski definition) is 5. The van der Waals surface area contributed by atoms with Crippen molar-refractivity contribution in [3.8, 4) is 5.75 Å². The normalized spacial score (nSPS) is 23.2. The Kier molecular flexibility index (Phi) is 4.17. The number of hydrogen-bond donors (Lipinski definition) is 1. The number of amidine groups is 1. The molecule has 3 aromatic carbocycles. The predicted molar refractivity (Wildman–Crippen MR) is 128 cm³/mol. The lowest BCUT2D eigenvalue weighted by molar-refractivity contribution is -0.131. The zero-order chi connectivity index (χ0) is 22.0. The van der Waals surface area contributed by atoms with E-state index in [0.29, 0.717) is 17.2 Å². The third-order valence-corrected chi connectivity index (χ3v) is 7.87. The van der Waals surface area contributed by atoms with Gasteiger partial charge >= 0.3 is 5.97 Å². The molecule has 0 amide bonds. The summed E-state index contributed by atoms with van der Waals surface area (Å²) in [6.45, 7) is 4.88. The molecule has 0 fully saturated rings. The topological polar surface area (TPSA) is 62.1 Å². The van der Waals surface area contributed by atoms with Crippen LogP contribution in [0.15, 0.2) is 76.6 Å². The highest BCUT2D eigenvalue weighted by molar-refractivity contribution is 8.18. The van der Waals surface area contributed by atoms with Crippen LogP contribution in [0.1, 0.15) is 31.0 Å². The third kappa shape index (κ3) is 2.65. The van der Waals surface area contributed by atoms with Gasteiger partial charge in [-0.3, -0.25) is 4.99 Å². The lowest BCUT2D eigenvalue weighted by atomic mass is 9.74. The summed E-state index contributed by atoms with van der Waals surface area (Å²) in [4.78, 5) is 19.9. The maximum Gasteiger partial charge on any atom is 0.344 e. The smallest absolute Gasteiger partial charge is 0.344 e. The molecule has 0 unspecified atom stereocenters. The van der Waals surface area contributed by atoms with Gasteiger partial charge in [-0.15, -0.1) is 0 Å². The molecule has 0 spiro atoms. The van der Waals surface area contributed by atoms with Gasteiger partial charge in [-0.1, -0.05) is 60.7 Å². The van der Waals surface area contributed by atoms with Crippen LogP contribution in [-0.2, 0) is 4.79 Å². The molecular weight excluding hydrogens is 420 g/mol. The fourth-order valence-electron chi connectivity index (χ4n) is 5.21. The SMILES string of the molecule is CC1(C)[C@H]2COc3ccc4ccccc4c3[C@H]2N=C2SC(C(=O)O)=C(c3ccccc3)N21. The number of carboxylic acid groups (broad SMARTS) is 1. The van der Waals surface area contributed by atoms with Crippen LogP contribution >= 0.6 is 11.8 Å². The van der Waals surface area contributed by atoms with Crippen LogP contribution in [0, 0.1) is 5.92 Å². The van der Waals surface area contributed by atoms with E-state index in [0.717, 1.165) is 32.8 Å². The van der Waals surface area contributed by atoms with Gasteiger partial charge in [-0.25, -0.2) is 4.79 Å². The number of aliphatic imine (C=N–C) groups is 1. The van der Waals surface area contributed by atoms with Gasteiger partial charge in [0.25, 0.3) is 0 Å². The Balaban J connectivity index is 1.57. The fourth-order valence-corrected chi connectivity index (χ4v) is 6.37. The number of nitrogens with zero attached hydrogens (tertiary/aromatic N) is 2. The standard InChI is InChI=1S/C26H22N2O3S/c1-26(2)18-14-31-19-13-12-15-8-6-7-11-17(15)20(19)21(18)27-25-28(26)22(23(32-25)24(29)30)16-9-4-3-5-10-16/h3-13,18,21H,14H2,1-2H3,(H,29,30)/t18-,21-/m0/s1. The first kappa shape index (κ1) is 19.4. The van der Waals surface area contributed by atoms with Crippen LogP contribution in [0.5, 0.6) is 5.75 Å². The summed E-state index contributed by atoms with van der Waals surface area (Å²) in [6, 6.07) is 22.1. The van der Waals surface area contributed by atoms with E-state index in [-0.39, 0.29) is 12.0 Å². The molecule has 0 bridgehead atoms. The van der Waals surface area contributed by atoms with Crippen molar-refractivity contribution in [3.05, 3.63) is 82.8 Å². The molecule has 6 rings (SSSR count). The van der Waals surface area contributed by atoms with Crippen LogP contribution in [-0.4, -0.2) is 33.3 Å². The van der Waals surface area contributed by atoms with E-state index in [1.54, 1.807) is 0 Å². The first-order valence-corrected chi connectivity index (χ1v) is 11.5. The van der Waals surface area contributed by atoms with Gasteiger partial charge in [0.1, 0.15) is 10.7 Å². The molecule has 1 N–H and O–H groups in total. The predicted octanol–water partition coefficient (Wildman–Crippen LogP) is 5.54. The van der Waals surface area contributed by atoms with Crippen molar-refractivity contribution in [1.29, 1.82) is 0 Å². The van der Waals surface area contributed by atoms with Crippen molar-refractivity contribution in [2.24, 2.45) is 10.9 Å². The van der Waals surface area contributed by atoms with E-state index in [1.807, 2.05) is 48.5 Å². The Morgan fingerprint density at radius 2 is 1.84 bits per heavy atom. The quantitative estimate of drug-likeness (QED) is 0.565. The highest BCUT2D eigenvalue weighted by atomic mass is 32.2. The maximum atomic E-state index is 12.2. The van der Waals surface area contributed by atoms with Gasteiger partial charge in [0.05, 0.1) is 18.3 Å². The molecule has 3 aliphatic heterocycles. The van der Waals surface area contributed by atoms with Crippen molar-refractivity contribution in [1.82, 2.24) is 4.90 Å². The number of fused-ring (bicyclic) bond motifs is 6. The van der Waals surface area contributed by atoms with Gasteiger partial charge in [0.2, 0.25) is 0 Å². The van der Waals surface area contributed by atoms with Crippen molar-refractivity contribution >= 4 is 39.4 Å². The molecule has 6 heteroatoms. The molecule has 3 heterocycles. The first-order chi connectivity index (χ1) is 15.5. The Bertz CT molecular complexity index is 1330. The van der Waals surface area contributed by atoms with Gasteiger partial charge in [-0.05, 0) is 48.0 Å². The Labute approximate surface area is 190 Å². The van der Waals surface area contributed by atoms with Gasteiger partial charge in [-0.2, -0.15) is 0 Å². The van der Waals surface area contributed by atoms with Gasteiger partial charge in [0, 0.05) is 17.0 Å². The molecular formula is C26H22N2O3S. The van der Waals surface area contributed by atoms with E-state index in [4.69, 9.17) is 9.73 Å². The van der Waals surface area contributed by atoms with Crippen LogP contribution in [0.3, 0.4) is 0 Å². The highest BCUT2D eigenvalue weighted by Crippen LogP contribution is 2.55. The van der Waals surface area contributed by atoms with Gasteiger partial charge in [0.15, 0.2) is 5.17 Å². The molecule has 3 aliphatic rings. The summed E-state index contributed by atoms with van der Waals surface area (Å²) in [5.41, 5.74) is 2.31. The third-order valence-electron chi connectivity index (χ3n) is 6.82. The van der Waals surface area contributed by atoms with Crippen LogP contribution in [0.25, 0.3) is 16.5 Å². The molecule has 0 radical (unpaired) electrons. The largest absolute Gasteiger partial charge is 0.493 e. The molecule has 0 saturated carbocycles. The Morgan fingerprint density at radius 1 is 1.09 bits per heavy atom. The van der Waals surface area contributed by atoms with E-state index >= 15 is 0 Å². The molecule has 0 saturated heterocycles. The monoisotopic (exact) mass is 442 g/mol. The fraction of sp³-hybridized carbons (Fsp3) is 0.231. The zero-order valence-corrected chi connectivity index (χ0v) is 18.6. The van der Waals surface area contributed by atoms with Crippen LogP contribution in [0.2, 0.25) is 0 Å². The Morgan fingerprint density at radius 3 is 2.62 bits per heavy atom. The van der Waals surface area contributed by atoms with E-state index < -0.39 is 11.5 Å².